The van der Waals surface area contributed by atoms with Gasteiger partial charge in [-0.1, -0.05) is 59.3 Å². The molecule has 0 amide bonds. The van der Waals surface area contributed by atoms with Crippen LogP contribution in [-0.4, -0.2) is 59.4 Å². The quantitative estimate of drug-likeness (QED) is 0.310. The Morgan fingerprint density at radius 1 is 1.00 bits per heavy atom. The van der Waals surface area contributed by atoms with Gasteiger partial charge < -0.3 is 0 Å². The van der Waals surface area contributed by atoms with Gasteiger partial charge in [-0.05, 0) is 26.2 Å². The normalized spacial score (nSPS) is 13.2. The van der Waals surface area contributed by atoms with Crippen molar-refractivity contribution >= 4 is 17.6 Å². The van der Waals surface area contributed by atoms with Crippen LogP contribution >= 0.6 is 0 Å². The lowest BCUT2D eigenvalue weighted by atomic mass is 10.5. The summed E-state index contributed by atoms with van der Waals surface area (Å²) in [5.41, 5.74) is 2.25. The lowest BCUT2D eigenvalue weighted by molar-refractivity contribution is 0.115. The highest BCUT2D eigenvalue weighted by Crippen LogP contribution is 2.16. The molecule has 20 heavy (non-hydrogen) atoms. The minimum atomic E-state index is -1.08. The molecule has 0 rings (SSSR count). The Balaban J connectivity index is 4.40. The van der Waals surface area contributed by atoms with E-state index < -0.39 is 8.07 Å². The molecule has 0 saturated heterocycles. The van der Waals surface area contributed by atoms with Crippen molar-refractivity contribution in [3.63, 3.8) is 0 Å². The van der Waals surface area contributed by atoms with Crippen molar-refractivity contribution in [2.45, 2.75) is 65.1 Å². The van der Waals surface area contributed by atoms with E-state index in [0.717, 1.165) is 5.79 Å². The second kappa shape index (κ2) is 10.8. The molecule has 2 nitrogen and oxygen atoms in total. The molecule has 0 aromatic carbocycles. The number of rotatable bonds is 12. The molecule has 0 radical (unpaired) electrons. The van der Waals surface area contributed by atoms with Crippen LogP contribution in [0.4, 0.5) is 0 Å². The first kappa shape index (κ1) is 20.1. The lowest BCUT2D eigenvalue weighted by Crippen LogP contribution is -2.51. The molecule has 0 fully saturated rings. The van der Waals surface area contributed by atoms with Gasteiger partial charge in [-0.3, -0.25) is 9.80 Å². The van der Waals surface area contributed by atoms with Crippen molar-refractivity contribution in [2.24, 2.45) is 0 Å². The second-order valence-electron chi connectivity index (χ2n) is 6.36. The molecule has 0 aliphatic carbocycles. The van der Waals surface area contributed by atoms with Gasteiger partial charge in [0.2, 0.25) is 0 Å². The Labute approximate surface area is 131 Å². The van der Waals surface area contributed by atoms with Gasteiger partial charge in [0.05, 0.1) is 17.6 Å². The molecule has 0 N–H and O–H groups in total. The van der Waals surface area contributed by atoms with Crippen molar-refractivity contribution in [1.82, 2.24) is 9.80 Å². The number of hydrogen-bond donors (Lipinski definition) is 0. The summed E-state index contributed by atoms with van der Waals surface area (Å²) in [7, 11) is -1.13. The summed E-state index contributed by atoms with van der Waals surface area (Å²) in [5, 5.41) is 0. The Morgan fingerprint density at radius 2 is 1.45 bits per heavy atom. The average Bonchev–Trinajstić information content (AvgIpc) is 2.45. The van der Waals surface area contributed by atoms with E-state index in [9.17, 15) is 0 Å². The van der Waals surface area contributed by atoms with E-state index in [4.69, 9.17) is 0 Å². The molecule has 0 bridgehead atoms. The Bertz CT molecular complexity index is 237. The summed E-state index contributed by atoms with van der Waals surface area (Å²) in [6.45, 7) is 22.9. The van der Waals surface area contributed by atoms with Gasteiger partial charge in [0.15, 0.2) is 0 Å². The molecule has 0 heterocycles. The fourth-order valence-corrected chi connectivity index (χ4v) is 7.43. The monoisotopic (exact) mass is 314 g/mol. The van der Waals surface area contributed by atoms with Crippen LogP contribution in [0.3, 0.4) is 0 Å². The summed E-state index contributed by atoms with van der Waals surface area (Å²) in [4.78, 5) is 5.35. The fourth-order valence-electron chi connectivity index (χ4n) is 2.90. The summed E-state index contributed by atoms with van der Waals surface area (Å²) >= 11 is 0. The number of nitrogens with zero attached hydrogens (tertiary/aromatic N) is 2. The van der Waals surface area contributed by atoms with Gasteiger partial charge in [-0.25, -0.2) is 0 Å². The Morgan fingerprint density at radius 3 is 1.80 bits per heavy atom. The van der Waals surface area contributed by atoms with Gasteiger partial charge >= 0.3 is 0 Å². The lowest BCUT2D eigenvalue weighted by Gasteiger charge is -2.38. The Kier molecular flexibility index (Phi) is 10.8. The van der Waals surface area contributed by atoms with Crippen LogP contribution in [0, 0.1) is 0 Å². The third kappa shape index (κ3) is 7.20. The van der Waals surface area contributed by atoms with E-state index >= 15 is 0 Å². The largest absolute Gasteiger partial charge is 0.292 e. The third-order valence-electron chi connectivity index (χ3n) is 4.55. The van der Waals surface area contributed by atoms with Crippen molar-refractivity contribution in [2.75, 3.05) is 26.2 Å². The average molecular weight is 315 g/mol. The molecule has 0 aliphatic rings. The molecular weight excluding hydrogens is 276 g/mol. The van der Waals surface area contributed by atoms with Gasteiger partial charge in [-0.2, -0.15) is 0 Å². The molecule has 0 aromatic heterocycles. The number of hydrogen-bond acceptors (Lipinski definition) is 2. The fraction of sp³-hybridized carbons (Fsp3) is 0.875. The predicted molar refractivity (Wildman–Crippen MR) is 100 cm³/mol. The van der Waals surface area contributed by atoms with Crippen LogP contribution in [0.2, 0.25) is 25.2 Å². The van der Waals surface area contributed by atoms with Crippen LogP contribution in [0.25, 0.3) is 0 Å². The van der Waals surface area contributed by atoms with Gasteiger partial charge in [0.1, 0.15) is 0 Å². The molecule has 0 aromatic rings. The molecule has 120 valence electrons. The summed E-state index contributed by atoms with van der Waals surface area (Å²) in [6.07, 6.45) is 1.43. The van der Waals surface area contributed by atoms with Gasteiger partial charge in [0.25, 0.3) is 0 Å². The van der Waals surface area contributed by atoms with E-state index in [1.54, 1.807) is 0 Å². The molecule has 4 heteroatoms. The van der Waals surface area contributed by atoms with E-state index in [1.807, 2.05) is 0 Å². The molecule has 0 unspecified atom stereocenters. The maximum Gasteiger partial charge on any atom is 0.0709 e. The Hall–Kier alpha value is 0.0938. The molecule has 0 atom stereocenters. The van der Waals surface area contributed by atoms with Crippen molar-refractivity contribution in [3.8, 4) is 0 Å². The zero-order chi connectivity index (χ0) is 15.6. The minimum absolute atomic E-state index is 0.0504. The highest BCUT2D eigenvalue weighted by Gasteiger charge is 2.22. The maximum atomic E-state index is 4.01. The first-order valence-corrected chi connectivity index (χ1v) is 13.7. The van der Waals surface area contributed by atoms with Crippen LogP contribution in [0.15, 0.2) is 12.3 Å². The molecular formula is C16H38N2Si2. The van der Waals surface area contributed by atoms with Crippen LogP contribution in [-0.2, 0) is 0 Å². The van der Waals surface area contributed by atoms with Gasteiger partial charge in [0, 0.05) is 5.79 Å². The van der Waals surface area contributed by atoms with Gasteiger partial charge in [-0.15, -0.1) is 12.3 Å². The summed E-state index contributed by atoms with van der Waals surface area (Å²) < 4.78 is 0. The zero-order valence-electron chi connectivity index (χ0n) is 14.9. The highest BCUT2D eigenvalue weighted by molar-refractivity contribution is 6.82. The topological polar surface area (TPSA) is 6.48 Å². The molecule has 0 aliphatic heterocycles. The van der Waals surface area contributed by atoms with E-state index in [-0.39, 0.29) is 9.52 Å². The van der Waals surface area contributed by atoms with E-state index in [1.165, 1.54) is 44.7 Å². The summed E-state index contributed by atoms with van der Waals surface area (Å²) in [6, 6.07) is 2.91. The smallest absolute Gasteiger partial charge is 0.0709 e. The van der Waals surface area contributed by atoms with Crippen LogP contribution < -0.4 is 0 Å². The summed E-state index contributed by atoms with van der Waals surface area (Å²) in [5.74, 6) is 0.772. The SMILES string of the molecule is C=C[Si](C)(C)CCC[SiH2]C(N(CC)CC)N(CC)CC. The van der Waals surface area contributed by atoms with Crippen LogP contribution in [0.5, 0.6) is 0 Å². The second-order valence-corrected chi connectivity index (χ2v) is 13.3. The zero-order valence-corrected chi connectivity index (χ0v) is 17.3. The van der Waals surface area contributed by atoms with Crippen molar-refractivity contribution in [3.05, 3.63) is 12.3 Å². The molecule has 0 spiro atoms. The predicted octanol–water partition coefficient (Wildman–Crippen LogP) is 3.36. The minimum Gasteiger partial charge on any atom is -0.292 e. The third-order valence-corrected chi connectivity index (χ3v) is 9.76. The van der Waals surface area contributed by atoms with Crippen LogP contribution in [0.1, 0.15) is 34.1 Å². The standard InChI is InChI=1S/C16H38N2Si2/c1-8-17(9-2)16(18(10-3)11-4)19-14-13-15-20(6,7)12-5/h12,16H,5,8-11,13-15,19H2,1-4,6-7H3. The highest BCUT2D eigenvalue weighted by atomic mass is 28.3. The maximum absolute atomic E-state index is 4.01. The molecule has 0 saturated carbocycles. The first-order chi connectivity index (χ1) is 9.45. The van der Waals surface area contributed by atoms with E-state index in [0.29, 0.717) is 0 Å². The van der Waals surface area contributed by atoms with Crippen molar-refractivity contribution in [1.29, 1.82) is 0 Å². The first-order valence-electron chi connectivity index (χ1n) is 8.57. The van der Waals surface area contributed by atoms with Crippen molar-refractivity contribution < 1.29 is 0 Å². The van der Waals surface area contributed by atoms with E-state index in [2.05, 4.69) is 62.9 Å².